The Kier molecular flexibility index (Phi) is 4.25. The molecule has 1 saturated heterocycles. The van der Waals surface area contributed by atoms with Crippen LogP contribution >= 0.6 is 0 Å². The Morgan fingerprint density at radius 3 is 2.67 bits per heavy atom. The van der Waals surface area contributed by atoms with E-state index in [-0.39, 0.29) is 23.7 Å². The molecule has 3 atom stereocenters. The summed E-state index contributed by atoms with van der Waals surface area (Å²) >= 11 is 0. The predicted octanol–water partition coefficient (Wildman–Crippen LogP) is 2.76. The molecule has 3 rings (SSSR count). The monoisotopic (exact) mass is 340 g/mol. The Labute approximate surface area is 139 Å². The van der Waals surface area contributed by atoms with Crippen LogP contribution in [0.4, 0.5) is 14.5 Å². The molecule has 132 valence electrons. The number of rotatable bonds is 4. The summed E-state index contributed by atoms with van der Waals surface area (Å²) in [5.74, 6) is -0.250. The van der Waals surface area contributed by atoms with Crippen molar-refractivity contribution in [3.8, 4) is 5.75 Å². The molecule has 7 heteroatoms. The molecule has 1 heterocycles. The van der Waals surface area contributed by atoms with Crippen LogP contribution in [-0.2, 0) is 9.53 Å². The number of nitrogens with one attached hydrogen (secondary N) is 1. The summed E-state index contributed by atoms with van der Waals surface area (Å²) in [7, 11) is 0. The first-order chi connectivity index (χ1) is 11.3. The number of benzene rings is 1. The number of carbonyl (C=O) groups is 1. The van der Waals surface area contributed by atoms with Gasteiger partial charge in [-0.05, 0) is 37.1 Å². The first-order valence-electron chi connectivity index (χ1n) is 8.03. The van der Waals surface area contributed by atoms with Crippen molar-refractivity contribution < 1.29 is 23.0 Å². The number of ether oxygens (including phenoxy) is 2. The van der Waals surface area contributed by atoms with Gasteiger partial charge in [0.1, 0.15) is 11.3 Å². The number of nitrogens with two attached hydrogens (primary N) is 1. The smallest absolute Gasteiger partial charge is 0.387 e. The molecule has 1 aliphatic carbocycles. The van der Waals surface area contributed by atoms with E-state index in [1.54, 1.807) is 0 Å². The zero-order valence-electron chi connectivity index (χ0n) is 13.7. The van der Waals surface area contributed by atoms with Crippen molar-refractivity contribution in [2.24, 2.45) is 17.1 Å². The first-order valence-corrected chi connectivity index (χ1v) is 8.03. The number of alkyl halides is 2. The Morgan fingerprint density at radius 2 is 2.04 bits per heavy atom. The number of carbonyl (C=O) groups excluding carboxylic acids is 1. The van der Waals surface area contributed by atoms with E-state index in [0.29, 0.717) is 12.3 Å². The normalized spacial score (nSPS) is 31.1. The minimum atomic E-state index is -2.88. The second-order valence-electron chi connectivity index (χ2n) is 6.99. The highest BCUT2D eigenvalue weighted by Gasteiger charge is 2.70. The van der Waals surface area contributed by atoms with Crippen LogP contribution in [0.25, 0.3) is 0 Å². The highest BCUT2D eigenvalue weighted by molar-refractivity contribution is 6.00. The number of amides is 1. The molecule has 0 aromatic heterocycles. The molecule has 0 spiro atoms. The molecule has 5 nitrogen and oxygen atoms in total. The molecule has 24 heavy (non-hydrogen) atoms. The van der Waals surface area contributed by atoms with Gasteiger partial charge < -0.3 is 20.5 Å². The summed E-state index contributed by atoms with van der Waals surface area (Å²) < 4.78 is 34.4. The molecule has 1 aromatic carbocycles. The minimum absolute atomic E-state index is 0.0104. The van der Waals surface area contributed by atoms with Crippen molar-refractivity contribution in [2.45, 2.75) is 44.9 Å². The summed E-state index contributed by atoms with van der Waals surface area (Å²) in [6.07, 6.45) is 1.74. The van der Waals surface area contributed by atoms with Gasteiger partial charge in [0.15, 0.2) is 0 Å². The summed E-state index contributed by atoms with van der Waals surface area (Å²) in [5.41, 5.74) is 5.51. The molecule has 1 amide bonds. The SMILES string of the molecule is CC1(C)C2OCCCC2C1(N)C(=O)Nc1ccc(OC(F)F)cc1. The molecule has 1 aromatic rings. The van der Waals surface area contributed by atoms with E-state index in [9.17, 15) is 13.6 Å². The maximum Gasteiger partial charge on any atom is 0.387 e. The Morgan fingerprint density at radius 1 is 1.38 bits per heavy atom. The van der Waals surface area contributed by atoms with Crippen molar-refractivity contribution >= 4 is 11.6 Å². The number of hydrogen-bond donors (Lipinski definition) is 2. The van der Waals surface area contributed by atoms with Crippen LogP contribution in [0.1, 0.15) is 26.7 Å². The Bertz CT molecular complexity index is 621. The summed E-state index contributed by atoms with van der Waals surface area (Å²) in [6.45, 7) is 1.71. The lowest BCUT2D eigenvalue weighted by molar-refractivity contribution is -0.222. The molecule has 0 radical (unpaired) electrons. The Hall–Kier alpha value is -1.73. The molecule has 3 N–H and O–H groups in total. The van der Waals surface area contributed by atoms with Crippen molar-refractivity contribution in [1.29, 1.82) is 0 Å². The van der Waals surface area contributed by atoms with Gasteiger partial charge in [-0.2, -0.15) is 8.78 Å². The maximum atomic E-state index is 12.8. The maximum absolute atomic E-state index is 12.8. The van der Waals surface area contributed by atoms with Crippen LogP contribution < -0.4 is 15.8 Å². The average Bonchev–Trinajstić information content (AvgIpc) is 2.55. The zero-order valence-corrected chi connectivity index (χ0v) is 13.7. The molecule has 1 aliphatic heterocycles. The van der Waals surface area contributed by atoms with Gasteiger partial charge >= 0.3 is 6.61 Å². The second-order valence-corrected chi connectivity index (χ2v) is 6.99. The largest absolute Gasteiger partial charge is 0.435 e. The number of fused-ring (bicyclic) bond motifs is 1. The van der Waals surface area contributed by atoms with Crippen LogP contribution in [0.5, 0.6) is 5.75 Å². The summed E-state index contributed by atoms with van der Waals surface area (Å²) in [5, 5.41) is 2.79. The topological polar surface area (TPSA) is 73.6 Å². The van der Waals surface area contributed by atoms with Crippen LogP contribution in [0.3, 0.4) is 0 Å². The molecule has 1 saturated carbocycles. The van der Waals surface area contributed by atoms with E-state index in [1.807, 2.05) is 13.8 Å². The second kappa shape index (κ2) is 5.97. The minimum Gasteiger partial charge on any atom is -0.435 e. The van der Waals surface area contributed by atoms with Crippen LogP contribution in [-0.4, -0.2) is 30.8 Å². The van der Waals surface area contributed by atoms with Gasteiger partial charge in [0, 0.05) is 23.6 Å². The molecule has 2 aliphatic rings. The fraction of sp³-hybridized carbons (Fsp3) is 0.588. The highest BCUT2D eigenvalue weighted by atomic mass is 19.3. The number of anilines is 1. The lowest BCUT2D eigenvalue weighted by Crippen LogP contribution is -2.81. The van der Waals surface area contributed by atoms with Crippen LogP contribution in [0.2, 0.25) is 0 Å². The number of hydrogen-bond acceptors (Lipinski definition) is 4. The highest BCUT2D eigenvalue weighted by Crippen LogP contribution is 2.57. The van der Waals surface area contributed by atoms with Gasteiger partial charge in [0.25, 0.3) is 0 Å². The van der Waals surface area contributed by atoms with Crippen LogP contribution in [0, 0.1) is 11.3 Å². The van der Waals surface area contributed by atoms with Gasteiger partial charge in [0.05, 0.1) is 6.10 Å². The first kappa shape index (κ1) is 17.1. The van der Waals surface area contributed by atoms with Crippen molar-refractivity contribution in [3.63, 3.8) is 0 Å². The molecule has 2 fully saturated rings. The third-order valence-corrected chi connectivity index (χ3v) is 5.40. The molecular weight excluding hydrogens is 318 g/mol. The third-order valence-electron chi connectivity index (χ3n) is 5.40. The molecule has 0 bridgehead atoms. The average molecular weight is 340 g/mol. The summed E-state index contributed by atoms with van der Waals surface area (Å²) in [4.78, 5) is 12.8. The summed E-state index contributed by atoms with van der Waals surface area (Å²) in [6, 6.07) is 5.78. The lowest BCUT2D eigenvalue weighted by atomic mass is 9.46. The van der Waals surface area contributed by atoms with E-state index in [0.717, 1.165) is 12.8 Å². The van der Waals surface area contributed by atoms with Gasteiger partial charge in [-0.1, -0.05) is 13.8 Å². The lowest BCUT2D eigenvalue weighted by Gasteiger charge is -2.65. The molecule has 3 unspecified atom stereocenters. The van der Waals surface area contributed by atoms with Crippen molar-refractivity contribution in [3.05, 3.63) is 24.3 Å². The van der Waals surface area contributed by atoms with Crippen LogP contribution in [0.15, 0.2) is 24.3 Å². The Balaban J connectivity index is 1.72. The van der Waals surface area contributed by atoms with E-state index in [1.165, 1.54) is 24.3 Å². The van der Waals surface area contributed by atoms with Gasteiger partial charge in [-0.15, -0.1) is 0 Å². The third kappa shape index (κ3) is 2.56. The van der Waals surface area contributed by atoms with Gasteiger partial charge in [0.2, 0.25) is 5.91 Å². The fourth-order valence-corrected chi connectivity index (χ4v) is 3.99. The van der Waals surface area contributed by atoms with Gasteiger partial charge in [-0.25, -0.2) is 0 Å². The van der Waals surface area contributed by atoms with E-state index in [2.05, 4.69) is 10.1 Å². The molecular formula is C17H22F2N2O3. The van der Waals surface area contributed by atoms with E-state index in [4.69, 9.17) is 10.5 Å². The fourth-order valence-electron chi connectivity index (χ4n) is 3.99. The number of halogens is 2. The zero-order chi connectivity index (χ0) is 17.5. The van der Waals surface area contributed by atoms with E-state index < -0.39 is 17.6 Å². The standard InChI is InChI=1S/C17H22F2N2O3/c1-16(2)13-12(4-3-9-23-13)17(16,20)14(22)21-10-5-7-11(8-6-10)24-15(18)19/h5-8,12-13,15H,3-4,9,20H2,1-2H3,(H,21,22). The van der Waals surface area contributed by atoms with Gasteiger partial charge in [-0.3, -0.25) is 4.79 Å². The van der Waals surface area contributed by atoms with Crippen molar-refractivity contribution in [2.75, 3.05) is 11.9 Å². The van der Waals surface area contributed by atoms with Crippen molar-refractivity contribution in [1.82, 2.24) is 0 Å². The predicted molar refractivity (Wildman–Crippen MR) is 84.9 cm³/mol. The van der Waals surface area contributed by atoms with E-state index >= 15 is 0 Å². The quantitative estimate of drug-likeness (QED) is 0.884.